The lowest BCUT2D eigenvalue weighted by Crippen LogP contribution is -2.38. The Morgan fingerprint density at radius 2 is 2.11 bits per heavy atom. The summed E-state index contributed by atoms with van der Waals surface area (Å²) >= 11 is 0. The SMILES string of the molecule is CC(CC1CCCCCN1)NCC1CCC(O)C1. The van der Waals surface area contributed by atoms with Gasteiger partial charge in [0.2, 0.25) is 0 Å². The van der Waals surface area contributed by atoms with Crippen molar-refractivity contribution in [2.24, 2.45) is 5.92 Å². The van der Waals surface area contributed by atoms with E-state index in [2.05, 4.69) is 17.6 Å². The van der Waals surface area contributed by atoms with Crippen molar-refractivity contribution in [1.29, 1.82) is 0 Å². The summed E-state index contributed by atoms with van der Waals surface area (Å²) in [4.78, 5) is 0. The molecule has 1 heterocycles. The average Bonchev–Trinajstić information content (AvgIpc) is 2.60. The maximum atomic E-state index is 9.52. The number of rotatable bonds is 5. The van der Waals surface area contributed by atoms with Gasteiger partial charge in [-0.25, -0.2) is 0 Å². The Morgan fingerprint density at radius 1 is 1.22 bits per heavy atom. The van der Waals surface area contributed by atoms with Gasteiger partial charge in [-0.3, -0.25) is 0 Å². The van der Waals surface area contributed by atoms with Crippen LogP contribution in [0, 0.1) is 5.92 Å². The predicted molar refractivity (Wildman–Crippen MR) is 75.7 cm³/mol. The average molecular weight is 254 g/mol. The molecule has 2 rings (SSSR count). The zero-order valence-corrected chi connectivity index (χ0v) is 11.8. The van der Waals surface area contributed by atoms with Crippen LogP contribution in [0.5, 0.6) is 0 Å². The van der Waals surface area contributed by atoms with Crippen molar-refractivity contribution in [2.75, 3.05) is 13.1 Å². The third-order valence-corrected chi connectivity index (χ3v) is 4.57. The number of aliphatic hydroxyl groups excluding tert-OH is 1. The molecule has 1 saturated heterocycles. The zero-order chi connectivity index (χ0) is 12.8. The minimum Gasteiger partial charge on any atom is -0.393 e. The second kappa shape index (κ2) is 7.46. The molecule has 1 aliphatic heterocycles. The van der Waals surface area contributed by atoms with E-state index in [0.29, 0.717) is 18.0 Å². The Balaban J connectivity index is 1.60. The molecule has 0 amide bonds. The van der Waals surface area contributed by atoms with Crippen LogP contribution < -0.4 is 10.6 Å². The lowest BCUT2D eigenvalue weighted by molar-refractivity contribution is 0.177. The zero-order valence-electron chi connectivity index (χ0n) is 11.8. The number of hydrogen-bond acceptors (Lipinski definition) is 3. The van der Waals surface area contributed by atoms with Gasteiger partial charge in [0.15, 0.2) is 0 Å². The van der Waals surface area contributed by atoms with Crippen molar-refractivity contribution in [3.63, 3.8) is 0 Å². The molecule has 2 fully saturated rings. The third-order valence-electron chi connectivity index (χ3n) is 4.57. The molecule has 3 heteroatoms. The van der Waals surface area contributed by atoms with Crippen LogP contribution in [0.2, 0.25) is 0 Å². The Kier molecular flexibility index (Phi) is 5.93. The minimum atomic E-state index is -0.0318. The summed E-state index contributed by atoms with van der Waals surface area (Å²) in [6, 6.07) is 1.31. The van der Waals surface area contributed by atoms with E-state index in [1.807, 2.05) is 0 Å². The first-order valence-electron chi connectivity index (χ1n) is 7.89. The molecular formula is C15H30N2O. The van der Waals surface area contributed by atoms with Gasteiger partial charge in [0.05, 0.1) is 6.10 Å². The Morgan fingerprint density at radius 3 is 2.89 bits per heavy atom. The molecular weight excluding hydrogens is 224 g/mol. The van der Waals surface area contributed by atoms with Gasteiger partial charge in [0.1, 0.15) is 0 Å². The highest BCUT2D eigenvalue weighted by atomic mass is 16.3. The van der Waals surface area contributed by atoms with E-state index in [4.69, 9.17) is 0 Å². The fraction of sp³-hybridized carbons (Fsp3) is 1.00. The highest BCUT2D eigenvalue weighted by Gasteiger charge is 2.23. The van der Waals surface area contributed by atoms with Crippen molar-refractivity contribution in [3.05, 3.63) is 0 Å². The molecule has 3 N–H and O–H groups in total. The van der Waals surface area contributed by atoms with Gasteiger partial charge in [-0.1, -0.05) is 12.8 Å². The molecule has 1 aliphatic carbocycles. The van der Waals surface area contributed by atoms with E-state index in [1.165, 1.54) is 45.1 Å². The number of aliphatic hydroxyl groups is 1. The number of hydrogen-bond donors (Lipinski definition) is 3. The smallest absolute Gasteiger partial charge is 0.0543 e. The lowest BCUT2D eigenvalue weighted by Gasteiger charge is -2.22. The lowest BCUT2D eigenvalue weighted by atomic mass is 10.0. The van der Waals surface area contributed by atoms with Crippen molar-refractivity contribution in [1.82, 2.24) is 10.6 Å². The molecule has 106 valence electrons. The molecule has 4 unspecified atom stereocenters. The van der Waals surface area contributed by atoms with Gasteiger partial charge in [0, 0.05) is 12.1 Å². The van der Waals surface area contributed by atoms with E-state index in [9.17, 15) is 5.11 Å². The molecule has 0 aromatic heterocycles. The second-order valence-corrected chi connectivity index (χ2v) is 6.38. The fourth-order valence-electron chi connectivity index (χ4n) is 3.41. The first-order chi connectivity index (χ1) is 8.74. The molecule has 0 bridgehead atoms. The van der Waals surface area contributed by atoms with Gasteiger partial charge in [-0.05, 0) is 64.5 Å². The summed E-state index contributed by atoms with van der Waals surface area (Å²) < 4.78 is 0. The topological polar surface area (TPSA) is 44.3 Å². The van der Waals surface area contributed by atoms with E-state index in [0.717, 1.165) is 19.4 Å². The summed E-state index contributed by atoms with van der Waals surface area (Å²) in [6.07, 6.45) is 9.89. The molecule has 4 atom stereocenters. The van der Waals surface area contributed by atoms with E-state index in [1.54, 1.807) is 0 Å². The highest BCUT2D eigenvalue weighted by Crippen LogP contribution is 2.24. The van der Waals surface area contributed by atoms with E-state index < -0.39 is 0 Å². The molecule has 0 aromatic rings. The largest absolute Gasteiger partial charge is 0.393 e. The van der Waals surface area contributed by atoms with Gasteiger partial charge in [-0.15, -0.1) is 0 Å². The maximum Gasteiger partial charge on any atom is 0.0543 e. The molecule has 0 spiro atoms. The van der Waals surface area contributed by atoms with Crippen molar-refractivity contribution < 1.29 is 5.11 Å². The molecule has 0 radical (unpaired) electrons. The molecule has 3 nitrogen and oxygen atoms in total. The summed E-state index contributed by atoms with van der Waals surface area (Å²) in [5, 5.41) is 16.8. The van der Waals surface area contributed by atoms with Gasteiger partial charge in [-0.2, -0.15) is 0 Å². The van der Waals surface area contributed by atoms with Crippen molar-refractivity contribution in [3.8, 4) is 0 Å². The first kappa shape index (κ1) is 14.3. The Bertz CT molecular complexity index is 227. The fourth-order valence-corrected chi connectivity index (χ4v) is 3.41. The summed E-state index contributed by atoms with van der Waals surface area (Å²) in [5.41, 5.74) is 0. The van der Waals surface area contributed by atoms with Crippen LogP contribution >= 0.6 is 0 Å². The second-order valence-electron chi connectivity index (χ2n) is 6.38. The van der Waals surface area contributed by atoms with Crippen molar-refractivity contribution in [2.45, 2.75) is 76.5 Å². The predicted octanol–water partition coefficient (Wildman–Crippen LogP) is 2.05. The van der Waals surface area contributed by atoms with Crippen LogP contribution in [0.15, 0.2) is 0 Å². The van der Waals surface area contributed by atoms with Crippen LogP contribution in [-0.4, -0.2) is 36.4 Å². The number of nitrogens with one attached hydrogen (secondary N) is 2. The first-order valence-corrected chi connectivity index (χ1v) is 7.89. The minimum absolute atomic E-state index is 0.0318. The standard InChI is InChI=1S/C15H30N2O/c1-12(9-14-5-3-2-4-8-16-14)17-11-13-6-7-15(18)10-13/h12-18H,2-11H2,1H3. The quantitative estimate of drug-likeness (QED) is 0.703. The Hall–Kier alpha value is -0.120. The summed E-state index contributed by atoms with van der Waals surface area (Å²) in [6.45, 7) is 4.59. The molecule has 18 heavy (non-hydrogen) atoms. The van der Waals surface area contributed by atoms with Crippen LogP contribution in [0.3, 0.4) is 0 Å². The Labute approximate surface area is 112 Å². The van der Waals surface area contributed by atoms with Gasteiger partial charge >= 0.3 is 0 Å². The molecule has 1 saturated carbocycles. The highest BCUT2D eigenvalue weighted by molar-refractivity contribution is 4.80. The monoisotopic (exact) mass is 254 g/mol. The van der Waals surface area contributed by atoms with E-state index >= 15 is 0 Å². The summed E-state index contributed by atoms with van der Waals surface area (Å²) in [5.74, 6) is 0.699. The normalized spacial score (nSPS) is 35.3. The summed E-state index contributed by atoms with van der Waals surface area (Å²) in [7, 11) is 0. The molecule has 2 aliphatic rings. The van der Waals surface area contributed by atoms with Crippen LogP contribution in [0.4, 0.5) is 0 Å². The van der Waals surface area contributed by atoms with E-state index in [-0.39, 0.29) is 6.10 Å². The maximum absolute atomic E-state index is 9.52. The van der Waals surface area contributed by atoms with Crippen LogP contribution in [0.1, 0.15) is 58.3 Å². The van der Waals surface area contributed by atoms with Crippen LogP contribution in [-0.2, 0) is 0 Å². The van der Waals surface area contributed by atoms with Gasteiger partial charge in [0.25, 0.3) is 0 Å². The third kappa shape index (κ3) is 4.87. The molecule has 0 aromatic carbocycles. The van der Waals surface area contributed by atoms with Crippen LogP contribution in [0.25, 0.3) is 0 Å². The van der Waals surface area contributed by atoms with Crippen molar-refractivity contribution >= 4 is 0 Å². The van der Waals surface area contributed by atoms with Gasteiger partial charge < -0.3 is 15.7 Å².